The number of amides is 1. The molecule has 5 heteroatoms. The fourth-order valence-electron chi connectivity index (χ4n) is 4.13. The van der Waals surface area contributed by atoms with Crippen molar-refractivity contribution in [1.82, 2.24) is 15.2 Å². The van der Waals surface area contributed by atoms with E-state index in [0.29, 0.717) is 6.42 Å². The quantitative estimate of drug-likeness (QED) is 0.683. The van der Waals surface area contributed by atoms with E-state index in [1.807, 2.05) is 33.0 Å². The molecule has 1 N–H and O–H groups in total. The number of fused-ring (bicyclic) bond motifs is 1. The van der Waals surface area contributed by atoms with Gasteiger partial charge in [-0.15, -0.1) is 0 Å². The summed E-state index contributed by atoms with van der Waals surface area (Å²) in [7, 11) is 0. The second-order valence-electron chi connectivity index (χ2n) is 9.65. The zero-order valence-corrected chi connectivity index (χ0v) is 19.2. The Morgan fingerprint density at radius 3 is 2.90 bits per heavy atom. The van der Waals surface area contributed by atoms with E-state index in [1.165, 1.54) is 18.4 Å². The van der Waals surface area contributed by atoms with E-state index in [1.54, 1.807) is 0 Å². The lowest BCUT2D eigenvalue weighted by Gasteiger charge is -2.26. The predicted octanol–water partition coefficient (Wildman–Crippen LogP) is 4.72. The highest BCUT2D eigenvalue weighted by molar-refractivity contribution is 5.85. The summed E-state index contributed by atoms with van der Waals surface area (Å²) < 4.78 is 6.47. The van der Waals surface area contributed by atoms with Gasteiger partial charge in [0.1, 0.15) is 17.4 Å². The minimum Gasteiger partial charge on any atom is -0.487 e. The Labute approximate surface area is 181 Å². The zero-order chi connectivity index (χ0) is 21.7. The third-order valence-corrected chi connectivity index (χ3v) is 5.64. The van der Waals surface area contributed by atoms with Crippen LogP contribution in [-0.2, 0) is 11.2 Å². The van der Waals surface area contributed by atoms with E-state index >= 15 is 0 Å². The molecule has 2 heterocycles. The van der Waals surface area contributed by atoms with Gasteiger partial charge in [0.25, 0.3) is 0 Å². The number of nitrogens with one attached hydrogen (secondary N) is 1. The normalized spacial score (nSPS) is 18.5. The first-order valence-corrected chi connectivity index (χ1v) is 11.3. The van der Waals surface area contributed by atoms with Gasteiger partial charge in [-0.25, -0.2) is 0 Å². The van der Waals surface area contributed by atoms with Crippen molar-refractivity contribution in [1.29, 1.82) is 0 Å². The molecule has 0 bridgehead atoms. The molecule has 0 saturated carbocycles. The number of aryl methyl sites for hydroxylation is 1. The van der Waals surface area contributed by atoms with Gasteiger partial charge in [0.05, 0.1) is 0 Å². The summed E-state index contributed by atoms with van der Waals surface area (Å²) in [5.41, 5.74) is 2.06. The monoisotopic (exact) mass is 411 g/mol. The molecule has 2 atom stereocenters. The first-order chi connectivity index (χ1) is 14.2. The van der Waals surface area contributed by atoms with Gasteiger partial charge in [0, 0.05) is 42.7 Å². The van der Waals surface area contributed by atoms with Crippen molar-refractivity contribution >= 4 is 16.8 Å². The van der Waals surface area contributed by atoms with Crippen LogP contribution in [0.5, 0.6) is 5.75 Å². The van der Waals surface area contributed by atoms with Gasteiger partial charge in [0.15, 0.2) is 0 Å². The molecule has 1 aromatic carbocycles. The molecular weight excluding hydrogens is 374 g/mol. The number of unbranched alkanes of at least 4 members (excludes halogenated alkanes) is 1. The molecule has 0 aliphatic carbocycles. The number of carbonyl (C=O) groups is 1. The van der Waals surface area contributed by atoms with Crippen molar-refractivity contribution in [3.8, 4) is 5.75 Å². The number of likely N-dealkylation sites (tertiary alicyclic amines) is 1. The molecule has 1 unspecified atom stereocenters. The van der Waals surface area contributed by atoms with Gasteiger partial charge in [0.2, 0.25) is 5.91 Å². The van der Waals surface area contributed by atoms with Gasteiger partial charge >= 0.3 is 0 Å². The van der Waals surface area contributed by atoms with Crippen molar-refractivity contribution in [2.45, 2.75) is 84.4 Å². The SMILES string of the molecule is CCCCc1cc(O[C@@H]2CCN(C(C)CC(=O)NC(C)(C)C)C2)c2ncccc2c1. The Hall–Kier alpha value is -2.14. The number of hydrogen-bond acceptors (Lipinski definition) is 4. The molecule has 3 rings (SSSR count). The van der Waals surface area contributed by atoms with Crippen LogP contribution in [0.25, 0.3) is 10.9 Å². The molecule has 0 radical (unpaired) electrons. The van der Waals surface area contributed by atoms with Crippen molar-refractivity contribution in [2.24, 2.45) is 0 Å². The van der Waals surface area contributed by atoms with Gasteiger partial charge < -0.3 is 10.1 Å². The largest absolute Gasteiger partial charge is 0.487 e. The van der Waals surface area contributed by atoms with E-state index in [0.717, 1.165) is 42.6 Å². The molecule has 1 aliphatic rings. The average Bonchev–Trinajstić information content (AvgIpc) is 3.13. The highest BCUT2D eigenvalue weighted by Crippen LogP contribution is 2.29. The fourth-order valence-corrected chi connectivity index (χ4v) is 4.13. The molecule has 1 aromatic heterocycles. The van der Waals surface area contributed by atoms with Crippen molar-refractivity contribution in [3.05, 3.63) is 36.0 Å². The highest BCUT2D eigenvalue weighted by atomic mass is 16.5. The standard InChI is InChI=1S/C25H37N3O2/c1-6-7-9-19-15-20-10-8-12-26-24(20)22(16-19)30-21-11-13-28(17-21)18(2)14-23(29)27-25(3,4)5/h8,10,12,15-16,18,21H,6-7,9,11,13-14,17H2,1-5H3,(H,27,29)/t18?,21-/m1/s1. The smallest absolute Gasteiger partial charge is 0.221 e. The van der Waals surface area contributed by atoms with Gasteiger partial charge in [-0.3, -0.25) is 14.7 Å². The van der Waals surface area contributed by atoms with E-state index in [-0.39, 0.29) is 23.6 Å². The third kappa shape index (κ3) is 6.18. The molecule has 1 fully saturated rings. The molecular formula is C25H37N3O2. The van der Waals surface area contributed by atoms with Crippen LogP contribution < -0.4 is 10.1 Å². The van der Waals surface area contributed by atoms with Crippen LogP contribution in [0.3, 0.4) is 0 Å². The van der Waals surface area contributed by atoms with Crippen molar-refractivity contribution < 1.29 is 9.53 Å². The first-order valence-electron chi connectivity index (χ1n) is 11.3. The Bertz CT molecular complexity index is 859. The van der Waals surface area contributed by atoms with Crippen molar-refractivity contribution in [3.63, 3.8) is 0 Å². The average molecular weight is 412 g/mol. The zero-order valence-electron chi connectivity index (χ0n) is 19.2. The number of benzene rings is 1. The van der Waals surface area contributed by atoms with Crippen LogP contribution in [0.1, 0.15) is 65.9 Å². The fraction of sp³-hybridized carbons (Fsp3) is 0.600. The molecule has 5 nitrogen and oxygen atoms in total. The predicted molar refractivity (Wildman–Crippen MR) is 123 cm³/mol. The molecule has 1 saturated heterocycles. The van der Waals surface area contributed by atoms with E-state index in [4.69, 9.17) is 4.74 Å². The van der Waals surface area contributed by atoms with E-state index in [9.17, 15) is 4.79 Å². The summed E-state index contributed by atoms with van der Waals surface area (Å²) in [5, 5.41) is 4.20. The number of rotatable bonds is 8. The minimum atomic E-state index is -0.190. The topological polar surface area (TPSA) is 54.5 Å². The molecule has 2 aromatic rings. The molecule has 164 valence electrons. The Balaban J connectivity index is 1.65. The van der Waals surface area contributed by atoms with Gasteiger partial charge in [-0.1, -0.05) is 19.4 Å². The number of hydrogen-bond donors (Lipinski definition) is 1. The lowest BCUT2D eigenvalue weighted by Crippen LogP contribution is -2.44. The summed E-state index contributed by atoms with van der Waals surface area (Å²) in [5.74, 6) is 1.00. The second kappa shape index (κ2) is 9.78. The number of nitrogens with zero attached hydrogens (tertiary/aromatic N) is 2. The Morgan fingerprint density at radius 2 is 2.17 bits per heavy atom. The summed E-state index contributed by atoms with van der Waals surface area (Å²) in [6, 6.07) is 8.71. The van der Waals surface area contributed by atoms with E-state index in [2.05, 4.69) is 47.2 Å². The van der Waals surface area contributed by atoms with Crippen LogP contribution in [0, 0.1) is 0 Å². The maximum absolute atomic E-state index is 12.3. The number of aromatic nitrogens is 1. The summed E-state index contributed by atoms with van der Waals surface area (Å²) in [4.78, 5) is 19.2. The molecule has 1 aliphatic heterocycles. The molecule has 30 heavy (non-hydrogen) atoms. The van der Waals surface area contributed by atoms with Crippen LogP contribution in [0.4, 0.5) is 0 Å². The Kier molecular flexibility index (Phi) is 7.35. The lowest BCUT2D eigenvalue weighted by atomic mass is 10.0. The van der Waals surface area contributed by atoms with E-state index < -0.39 is 0 Å². The number of ether oxygens (including phenoxy) is 1. The van der Waals surface area contributed by atoms with Crippen molar-refractivity contribution in [2.75, 3.05) is 13.1 Å². The first kappa shape index (κ1) is 22.5. The lowest BCUT2D eigenvalue weighted by molar-refractivity contribution is -0.123. The number of carbonyl (C=O) groups excluding carboxylic acids is 1. The van der Waals surface area contributed by atoms with Crippen LogP contribution in [-0.4, -0.2) is 46.6 Å². The molecule has 0 spiro atoms. The Morgan fingerprint density at radius 1 is 1.37 bits per heavy atom. The summed E-state index contributed by atoms with van der Waals surface area (Å²) >= 11 is 0. The van der Waals surface area contributed by atoms with Crippen LogP contribution in [0.15, 0.2) is 30.5 Å². The third-order valence-electron chi connectivity index (χ3n) is 5.64. The second-order valence-corrected chi connectivity index (χ2v) is 9.65. The maximum atomic E-state index is 12.3. The van der Waals surface area contributed by atoms with Crippen LogP contribution >= 0.6 is 0 Å². The number of pyridine rings is 1. The summed E-state index contributed by atoms with van der Waals surface area (Å²) in [6.07, 6.45) is 6.87. The summed E-state index contributed by atoms with van der Waals surface area (Å²) in [6.45, 7) is 12.2. The molecule has 1 amide bonds. The van der Waals surface area contributed by atoms with Crippen LogP contribution in [0.2, 0.25) is 0 Å². The van der Waals surface area contributed by atoms with Gasteiger partial charge in [-0.05, 0) is 70.7 Å². The maximum Gasteiger partial charge on any atom is 0.221 e. The van der Waals surface area contributed by atoms with Gasteiger partial charge in [-0.2, -0.15) is 0 Å². The highest BCUT2D eigenvalue weighted by Gasteiger charge is 2.29. The minimum absolute atomic E-state index is 0.109.